The monoisotopic (exact) mass is 177 g/mol. The first-order chi connectivity index (χ1) is 5.67. The number of amides is 1. The molecule has 6 heteroatoms. The number of rotatable bonds is 4. The summed E-state index contributed by atoms with van der Waals surface area (Å²) in [5.74, 6) is 0. The van der Waals surface area contributed by atoms with Crippen molar-refractivity contribution in [3.8, 4) is 0 Å². The number of aliphatic hydroxyl groups is 3. The van der Waals surface area contributed by atoms with E-state index in [9.17, 15) is 4.79 Å². The lowest BCUT2D eigenvalue weighted by molar-refractivity contribution is -0.0392. The van der Waals surface area contributed by atoms with Crippen molar-refractivity contribution in [3.63, 3.8) is 0 Å². The Labute approximate surface area is 69.3 Å². The minimum Gasteiger partial charge on any atom is -0.422 e. The fraction of sp³-hybridized carbons (Fsp3) is 0.500. The van der Waals surface area contributed by atoms with E-state index in [0.717, 1.165) is 6.08 Å². The third-order valence-electron chi connectivity index (χ3n) is 1.11. The van der Waals surface area contributed by atoms with Crippen LogP contribution in [0.5, 0.6) is 0 Å². The van der Waals surface area contributed by atoms with E-state index in [2.05, 4.69) is 11.3 Å². The Hall–Kier alpha value is -1.11. The first-order valence-electron chi connectivity index (χ1n) is 3.13. The summed E-state index contributed by atoms with van der Waals surface area (Å²) < 4.78 is 4.09. The van der Waals surface area contributed by atoms with Crippen LogP contribution in [0.25, 0.3) is 0 Å². The molecule has 0 aliphatic carbocycles. The van der Waals surface area contributed by atoms with Crippen LogP contribution in [-0.2, 0) is 4.74 Å². The summed E-state index contributed by atoms with van der Waals surface area (Å²) in [5, 5.41) is 25.7. The van der Waals surface area contributed by atoms with Gasteiger partial charge < -0.3 is 20.1 Å². The molecule has 3 N–H and O–H groups in total. The average Bonchev–Trinajstić information content (AvgIpc) is 2.06. The first kappa shape index (κ1) is 10.9. The summed E-state index contributed by atoms with van der Waals surface area (Å²) in [6, 6.07) is 0. The molecule has 0 aliphatic rings. The molecule has 0 heterocycles. The maximum Gasteiger partial charge on any atom is 0.416 e. The molecule has 1 atom stereocenters. The van der Waals surface area contributed by atoms with Crippen molar-refractivity contribution < 1.29 is 24.9 Å². The normalized spacial score (nSPS) is 11.9. The minimum absolute atomic E-state index is 0.573. The molecule has 0 radical (unpaired) electrons. The van der Waals surface area contributed by atoms with Gasteiger partial charge in [-0.15, -0.1) is 0 Å². The molecule has 1 amide bonds. The highest BCUT2D eigenvalue weighted by Gasteiger charge is 2.18. The maximum atomic E-state index is 10.8. The number of carbonyl (C=O) groups excluding carboxylic acids is 1. The van der Waals surface area contributed by atoms with E-state index in [1.165, 1.54) is 0 Å². The van der Waals surface area contributed by atoms with Gasteiger partial charge in [0.25, 0.3) is 0 Å². The lowest BCUT2D eigenvalue weighted by Crippen LogP contribution is -2.40. The molecule has 0 saturated carbocycles. The number of ether oxygens (including phenoxy) is 1. The van der Waals surface area contributed by atoms with Crippen LogP contribution in [0.4, 0.5) is 4.79 Å². The summed E-state index contributed by atoms with van der Waals surface area (Å²) in [6.45, 7) is 1.68. The van der Waals surface area contributed by atoms with Crippen molar-refractivity contribution in [1.82, 2.24) is 4.90 Å². The molecule has 1 unspecified atom stereocenters. The van der Waals surface area contributed by atoms with Crippen molar-refractivity contribution in [3.05, 3.63) is 12.7 Å². The van der Waals surface area contributed by atoms with Gasteiger partial charge in [0.05, 0.1) is 0 Å². The zero-order valence-electron chi connectivity index (χ0n) is 6.38. The molecule has 0 aromatic carbocycles. The van der Waals surface area contributed by atoms with Crippen molar-refractivity contribution in [2.24, 2.45) is 0 Å². The molecule has 0 bridgehead atoms. The molecule has 0 saturated heterocycles. The molecule has 12 heavy (non-hydrogen) atoms. The van der Waals surface area contributed by atoms with E-state index >= 15 is 0 Å². The van der Waals surface area contributed by atoms with Gasteiger partial charge in [0.15, 0.2) is 13.0 Å². The molecule has 0 spiro atoms. The second-order valence-corrected chi connectivity index (χ2v) is 1.80. The second kappa shape index (κ2) is 5.53. The summed E-state index contributed by atoms with van der Waals surface area (Å²) in [5.41, 5.74) is 0. The molecular formula is C6H11NO5. The molecule has 0 aliphatic heterocycles. The highest BCUT2D eigenvalue weighted by Crippen LogP contribution is 1.98. The van der Waals surface area contributed by atoms with E-state index in [0.29, 0.717) is 4.90 Å². The Bertz CT molecular complexity index is 160. The lowest BCUT2D eigenvalue weighted by atomic mass is 10.5. The van der Waals surface area contributed by atoms with Crippen LogP contribution in [0, 0.1) is 0 Å². The summed E-state index contributed by atoms with van der Waals surface area (Å²) in [6.07, 6.45) is -1.31. The SMILES string of the molecule is C=CC(O)N(CO)C(=O)OCO. The van der Waals surface area contributed by atoms with Crippen LogP contribution in [-0.4, -0.2) is 46.1 Å². The van der Waals surface area contributed by atoms with Crippen molar-refractivity contribution in [2.45, 2.75) is 6.23 Å². The predicted molar refractivity (Wildman–Crippen MR) is 38.7 cm³/mol. The standard InChI is InChI=1S/C6H11NO5/c1-2-5(10)7(3-8)6(11)12-4-9/h2,5,8-10H,1,3-4H2. The number of aliphatic hydroxyl groups excluding tert-OH is 3. The molecule has 0 aromatic rings. The van der Waals surface area contributed by atoms with E-state index < -0.39 is 25.8 Å². The van der Waals surface area contributed by atoms with E-state index in [1.807, 2.05) is 0 Å². The quantitative estimate of drug-likeness (QED) is 0.372. The van der Waals surface area contributed by atoms with E-state index in [-0.39, 0.29) is 0 Å². The van der Waals surface area contributed by atoms with Gasteiger partial charge in [0.1, 0.15) is 6.73 Å². The Kier molecular flexibility index (Phi) is 5.02. The Morgan fingerprint density at radius 1 is 1.67 bits per heavy atom. The van der Waals surface area contributed by atoms with Gasteiger partial charge in [-0.25, -0.2) is 4.79 Å². The lowest BCUT2D eigenvalue weighted by Gasteiger charge is -2.21. The number of carbonyl (C=O) groups is 1. The van der Waals surface area contributed by atoms with Gasteiger partial charge in [-0.2, -0.15) is 0 Å². The molecular weight excluding hydrogens is 166 g/mol. The largest absolute Gasteiger partial charge is 0.422 e. The third-order valence-corrected chi connectivity index (χ3v) is 1.11. The van der Waals surface area contributed by atoms with E-state index in [4.69, 9.17) is 15.3 Å². The molecule has 70 valence electrons. The molecule has 0 rings (SSSR count). The van der Waals surface area contributed by atoms with Crippen LogP contribution < -0.4 is 0 Å². The molecule has 0 fully saturated rings. The van der Waals surface area contributed by atoms with E-state index in [1.54, 1.807) is 0 Å². The highest BCUT2D eigenvalue weighted by atomic mass is 16.6. The van der Waals surface area contributed by atoms with Gasteiger partial charge >= 0.3 is 6.09 Å². The van der Waals surface area contributed by atoms with Crippen LogP contribution in [0.3, 0.4) is 0 Å². The van der Waals surface area contributed by atoms with Gasteiger partial charge in [-0.1, -0.05) is 6.58 Å². The summed E-state index contributed by atoms with van der Waals surface area (Å²) in [4.78, 5) is 11.3. The van der Waals surface area contributed by atoms with Gasteiger partial charge in [0.2, 0.25) is 0 Å². The number of hydrogen-bond donors (Lipinski definition) is 3. The minimum atomic E-state index is -1.32. The van der Waals surface area contributed by atoms with Crippen molar-refractivity contribution in [2.75, 3.05) is 13.5 Å². The van der Waals surface area contributed by atoms with Crippen molar-refractivity contribution >= 4 is 6.09 Å². The van der Waals surface area contributed by atoms with Crippen LogP contribution in [0.1, 0.15) is 0 Å². The predicted octanol–water partition coefficient (Wildman–Crippen LogP) is -1.17. The van der Waals surface area contributed by atoms with Crippen LogP contribution in [0.15, 0.2) is 12.7 Å². The smallest absolute Gasteiger partial charge is 0.416 e. The number of hydrogen-bond acceptors (Lipinski definition) is 5. The fourth-order valence-corrected chi connectivity index (χ4v) is 0.515. The molecule has 0 aromatic heterocycles. The van der Waals surface area contributed by atoms with Crippen LogP contribution >= 0.6 is 0 Å². The van der Waals surface area contributed by atoms with Crippen LogP contribution in [0.2, 0.25) is 0 Å². The second-order valence-electron chi connectivity index (χ2n) is 1.80. The summed E-state index contributed by atoms with van der Waals surface area (Å²) >= 11 is 0. The Morgan fingerprint density at radius 3 is 2.58 bits per heavy atom. The molecule has 6 nitrogen and oxygen atoms in total. The van der Waals surface area contributed by atoms with Crippen molar-refractivity contribution in [1.29, 1.82) is 0 Å². The zero-order chi connectivity index (χ0) is 9.56. The Balaban J connectivity index is 4.13. The maximum absolute atomic E-state index is 10.8. The van der Waals surface area contributed by atoms with Gasteiger partial charge in [-0.05, 0) is 6.08 Å². The summed E-state index contributed by atoms with van der Waals surface area (Å²) in [7, 11) is 0. The highest BCUT2D eigenvalue weighted by molar-refractivity contribution is 5.67. The third kappa shape index (κ3) is 2.87. The first-order valence-corrected chi connectivity index (χ1v) is 3.13. The van der Waals surface area contributed by atoms with Gasteiger partial charge in [0, 0.05) is 0 Å². The fourth-order valence-electron chi connectivity index (χ4n) is 0.515. The topological polar surface area (TPSA) is 90.2 Å². The average molecular weight is 177 g/mol. The Morgan fingerprint density at radius 2 is 2.25 bits per heavy atom. The van der Waals surface area contributed by atoms with Gasteiger partial charge in [-0.3, -0.25) is 4.90 Å². The zero-order valence-corrected chi connectivity index (χ0v) is 6.38. The number of nitrogens with zero attached hydrogens (tertiary/aromatic N) is 1.